The zero-order chi connectivity index (χ0) is 31.2. The van der Waals surface area contributed by atoms with Crippen LogP contribution in [0.3, 0.4) is 0 Å². The molecule has 0 bridgehead atoms. The van der Waals surface area contributed by atoms with E-state index < -0.39 is 30.7 Å². The molecule has 0 aliphatic carbocycles. The summed E-state index contributed by atoms with van der Waals surface area (Å²) in [4.78, 5) is 35.7. The molecular weight excluding hydrogens is 565 g/mol. The summed E-state index contributed by atoms with van der Waals surface area (Å²) in [7, 11) is 0. The minimum atomic E-state index is -5.01. The fraction of sp³-hybridized carbons (Fsp3) is 0.364. The van der Waals surface area contributed by atoms with Gasteiger partial charge in [-0.1, -0.05) is 50.5 Å². The highest BCUT2D eigenvalue weighted by molar-refractivity contribution is 5.92. The van der Waals surface area contributed by atoms with E-state index >= 15 is 0 Å². The van der Waals surface area contributed by atoms with Gasteiger partial charge in [-0.25, -0.2) is 14.4 Å². The van der Waals surface area contributed by atoms with Gasteiger partial charge in [-0.2, -0.15) is 13.2 Å². The molecule has 0 heterocycles. The number of esters is 3. The predicted molar refractivity (Wildman–Crippen MR) is 154 cm³/mol. The topological polar surface area (TPSA) is 88.1 Å². The van der Waals surface area contributed by atoms with Gasteiger partial charge in [-0.15, -0.1) is 0 Å². The average Bonchev–Trinajstić information content (AvgIpc) is 2.99. The number of halogens is 3. The van der Waals surface area contributed by atoms with Crippen molar-refractivity contribution in [3.8, 4) is 22.6 Å². The van der Waals surface area contributed by atoms with Crippen LogP contribution >= 0.6 is 0 Å². The smallest absolute Gasteiger partial charge is 0.490 e. The lowest BCUT2D eigenvalue weighted by Gasteiger charge is -2.13. The van der Waals surface area contributed by atoms with Crippen molar-refractivity contribution in [3.05, 3.63) is 83.9 Å². The molecule has 0 spiro atoms. The molecule has 0 unspecified atom stereocenters. The van der Waals surface area contributed by atoms with Crippen LogP contribution in [-0.4, -0.2) is 43.4 Å². The highest BCUT2D eigenvalue weighted by atomic mass is 19.4. The van der Waals surface area contributed by atoms with E-state index in [1.54, 1.807) is 72.8 Å². The second-order valence-electron chi connectivity index (χ2n) is 9.92. The van der Waals surface area contributed by atoms with Crippen molar-refractivity contribution in [2.24, 2.45) is 0 Å². The summed E-state index contributed by atoms with van der Waals surface area (Å²) in [6.45, 7) is 3.71. The maximum Gasteiger partial charge on any atom is 0.490 e. The standard InChI is InChI=1S/C33H35F3O7/c1-3-4-5-6-8-23(2)42-30(37)27-15-19-29(20-16-27)43-31(38)26-11-9-24(10-12-26)25-13-17-28(18-14-25)40-21-7-22-41-32(39)33(34,35)36/h9-20,23H,3-8,21-22H2,1-2H3/t23-/m0/s1. The molecule has 0 aliphatic heterocycles. The summed E-state index contributed by atoms with van der Waals surface area (Å²) in [5.74, 6) is -2.38. The minimum Gasteiger partial charge on any atom is -0.493 e. The van der Waals surface area contributed by atoms with Gasteiger partial charge in [0, 0.05) is 6.42 Å². The summed E-state index contributed by atoms with van der Waals surface area (Å²) in [6, 6.07) is 20.0. The third-order valence-corrected chi connectivity index (χ3v) is 6.40. The maximum atomic E-state index is 12.6. The molecule has 3 aromatic rings. The molecule has 1 atom stereocenters. The lowest BCUT2D eigenvalue weighted by atomic mass is 10.0. The van der Waals surface area contributed by atoms with E-state index in [0.717, 1.165) is 36.8 Å². The fourth-order valence-electron chi connectivity index (χ4n) is 4.03. The van der Waals surface area contributed by atoms with E-state index in [1.807, 2.05) is 6.92 Å². The zero-order valence-corrected chi connectivity index (χ0v) is 24.2. The molecule has 10 heteroatoms. The molecule has 3 aromatic carbocycles. The Morgan fingerprint density at radius 1 is 0.698 bits per heavy atom. The first-order chi connectivity index (χ1) is 20.6. The summed E-state index contributed by atoms with van der Waals surface area (Å²) >= 11 is 0. The number of hydrogen-bond donors (Lipinski definition) is 0. The van der Waals surface area contributed by atoms with Crippen LogP contribution in [0.2, 0.25) is 0 Å². The first-order valence-corrected chi connectivity index (χ1v) is 14.2. The molecule has 0 aliphatic rings. The largest absolute Gasteiger partial charge is 0.493 e. The lowest BCUT2D eigenvalue weighted by molar-refractivity contribution is -0.199. The number of rotatable bonds is 15. The van der Waals surface area contributed by atoms with Gasteiger partial charge in [0.25, 0.3) is 0 Å². The quantitative estimate of drug-likeness (QED) is 0.0993. The Hall–Kier alpha value is -4.34. The van der Waals surface area contributed by atoms with Crippen LogP contribution < -0.4 is 9.47 Å². The van der Waals surface area contributed by atoms with Crippen molar-refractivity contribution in [2.45, 2.75) is 64.7 Å². The minimum absolute atomic E-state index is 0.0759. The van der Waals surface area contributed by atoms with Crippen LogP contribution in [0.5, 0.6) is 11.5 Å². The monoisotopic (exact) mass is 600 g/mol. The van der Waals surface area contributed by atoms with E-state index in [9.17, 15) is 27.6 Å². The van der Waals surface area contributed by atoms with Crippen LogP contribution in [0.4, 0.5) is 13.2 Å². The summed E-state index contributed by atoms with van der Waals surface area (Å²) in [5.41, 5.74) is 2.41. The van der Waals surface area contributed by atoms with Crippen molar-refractivity contribution in [3.63, 3.8) is 0 Å². The van der Waals surface area contributed by atoms with E-state index in [-0.39, 0.29) is 19.1 Å². The Morgan fingerprint density at radius 2 is 1.26 bits per heavy atom. The molecule has 3 rings (SSSR count). The van der Waals surface area contributed by atoms with Gasteiger partial charge in [0.2, 0.25) is 0 Å². The van der Waals surface area contributed by atoms with Crippen molar-refractivity contribution in [1.29, 1.82) is 0 Å². The van der Waals surface area contributed by atoms with E-state index in [4.69, 9.17) is 14.2 Å². The average molecular weight is 601 g/mol. The normalized spacial score (nSPS) is 11.8. The molecule has 7 nitrogen and oxygen atoms in total. The number of carbonyl (C=O) groups excluding carboxylic acids is 3. The highest BCUT2D eigenvalue weighted by Crippen LogP contribution is 2.24. The first kappa shape index (κ1) is 33.2. The van der Waals surface area contributed by atoms with Crippen molar-refractivity contribution < 1.29 is 46.5 Å². The lowest BCUT2D eigenvalue weighted by Crippen LogP contribution is -2.26. The molecule has 0 aromatic heterocycles. The van der Waals surface area contributed by atoms with Gasteiger partial charge in [0.05, 0.1) is 30.4 Å². The molecule has 0 radical (unpaired) electrons. The number of unbranched alkanes of at least 4 members (excludes halogenated alkanes) is 3. The van der Waals surface area contributed by atoms with Crippen molar-refractivity contribution in [2.75, 3.05) is 13.2 Å². The molecule has 0 fully saturated rings. The number of alkyl halides is 3. The predicted octanol–water partition coefficient (Wildman–Crippen LogP) is 7.96. The van der Waals surface area contributed by atoms with Crippen LogP contribution in [0.25, 0.3) is 11.1 Å². The molecule has 230 valence electrons. The van der Waals surface area contributed by atoms with E-state index in [0.29, 0.717) is 22.6 Å². The molecule has 0 N–H and O–H groups in total. The molecule has 43 heavy (non-hydrogen) atoms. The van der Waals surface area contributed by atoms with Gasteiger partial charge in [-0.3, -0.25) is 0 Å². The number of benzene rings is 3. The number of carbonyl (C=O) groups is 3. The van der Waals surface area contributed by atoms with E-state index in [1.165, 1.54) is 6.42 Å². The summed E-state index contributed by atoms with van der Waals surface area (Å²) in [5, 5.41) is 0. The Kier molecular flexibility index (Phi) is 12.6. The Labute approximate surface area is 248 Å². The fourth-order valence-corrected chi connectivity index (χ4v) is 4.03. The van der Waals surface area contributed by atoms with Crippen LogP contribution in [0.15, 0.2) is 72.8 Å². The van der Waals surface area contributed by atoms with Crippen LogP contribution in [0.1, 0.15) is 73.1 Å². The molecular formula is C33H35F3O7. The third-order valence-electron chi connectivity index (χ3n) is 6.40. The summed E-state index contributed by atoms with van der Waals surface area (Å²) in [6.07, 6.45) is 0.209. The van der Waals surface area contributed by atoms with Crippen molar-refractivity contribution in [1.82, 2.24) is 0 Å². The number of hydrogen-bond acceptors (Lipinski definition) is 7. The second-order valence-corrected chi connectivity index (χ2v) is 9.92. The van der Waals surface area contributed by atoms with Gasteiger partial charge in [-0.05, 0) is 79.4 Å². The Morgan fingerprint density at radius 3 is 1.86 bits per heavy atom. The molecule has 0 saturated carbocycles. The Bertz CT molecular complexity index is 1320. The second kappa shape index (κ2) is 16.3. The van der Waals surface area contributed by atoms with Gasteiger partial charge in [0.15, 0.2) is 0 Å². The van der Waals surface area contributed by atoms with Crippen LogP contribution in [-0.2, 0) is 14.3 Å². The maximum absolute atomic E-state index is 12.6. The SMILES string of the molecule is CCCCCC[C@H](C)OC(=O)c1ccc(OC(=O)c2ccc(-c3ccc(OCCCOC(=O)C(F)(F)F)cc3)cc2)cc1. The zero-order valence-electron chi connectivity index (χ0n) is 24.2. The van der Waals surface area contributed by atoms with Gasteiger partial charge < -0.3 is 18.9 Å². The Balaban J connectivity index is 1.44. The van der Waals surface area contributed by atoms with E-state index in [2.05, 4.69) is 11.7 Å². The van der Waals surface area contributed by atoms with Gasteiger partial charge in [0.1, 0.15) is 11.5 Å². The highest BCUT2D eigenvalue weighted by Gasteiger charge is 2.40. The number of ether oxygens (including phenoxy) is 4. The van der Waals surface area contributed by atoms with Crippen molar-refractivity contribution >= 4 is 17.9 Å². The third kappa shape index (κ3) is 11.1. The molecule has 0 amide bonds. The summed E-state index contributed by atoms with van der Waals surface area (Å²) < 4.78 is 56.9. The molecule has 0 saturated heterocycles. The van der Waals surface area contributed by atoms with Gasteiger partial charge >= 0.3 is 24.1 Å². The van der Waals surface area contributed by atoms with Crippen LogP contribution in [0, 0.1) is 0 Å². The first-order valence-electron chi connectivity index (χ1n) is 14.2.